The molecule has 0 fully saturated rings. The van der Waals surface area contributed by atoms with Gasteiger partial charge in [-0.1, -0.05) is 29.8 Å². The van der Waals surface area contributed by atoms with E-state index in [1.165, 1.54) is 9.78 Å². The second kappa shape index (κ2) is 13.5. The maximum Gasteiger partial charge on any atom is 0.322 e. The Morgan fingerprint density at radius 3 is 2.71 bits per heavy atom. The number of para-hydroxylation sites is 2. The zero-order chi connectivity index (χ0) is 26.9. The molecule has 1 aliphatic rings. The molecule has 0 radical (unpaired) electrons. The second-order valence-electron chi connectivity index (χ2n) is 8.82. The molecule has 0 saturated carbocycles. The first kappa shape index (κ1) is 27.8. The Balaban J connectivity index is 1.50. The Morgan fingerprint density at radius 2 is 1.95 bits per heavy atom. The average Bonchev–Trinajstić information content (AvgIpc) is 3.40. The van der Waals surface area contributed by atoms with E-state index in [9.17, 15) is 9.59 Å². The summed E-state index contributed by atoms with van der Waals surface area (Å²) in [5.74, 6) is 1.11. The summed E-state index contributed by atoms with van der Waals surface area (Å²) in [5.41, 5.74) is 1.65. The van der Waals surface area contributed by atoms with E-state index < -0.39 is 0 Å². The topological polar surface area (TPSA) is 80.3 Å². The highest BCUT2D eigenvalue weighted by atomic mass is 35.5. The molecule has 2 aromatic carbocycles. The number of fused-ring (bicyclic) bond motifs is 1. The molecule has 2 heterocycles. The van der Waals surface area contributed by atoms with Crippen molar-refractivity contribution in [3.8, 4) is 11.5 Å². The number of methoxy groups -OCH3 is 2. The lowest BCUT2D eigenvalue weighted by Crippen LogP contribution is -2.49. The van der Waals surface area contributed by atoms with E-state index in [0.717, 1.165) is 12.0 Å². The van der Waals surface area contributed by atoms with Crippen LogP contribution < -0.4 is 14.8 Å². The Bertz CT molecular complexity index is 1240. The number of carbonyl (C=O) groups is 2. The molecule has 0 unspecified atom stereocenters. The third-order valence-corrected chi connectivity index (χ3v) is 7.58. The SMILES string of the molecule is COCCCN(CC(=O)N1CCc2sccc2[C@H]1COc1ccccc1OC)C(=O)Nc1cccc(Cl)c1. The maximum atomic E-state index is 13.7. The predicted molar refractivity (Wildman–Crippen MR) is 150 cm³/mol. The van der Waals surface area contributed by atoms with E-state index in [1.54, 1.807) is 49.8 Å². The minimum atomic E-state index is -0.369. The first-order valence-corrected chi connectivity index (χ1v) is 13.7. The molecule has 0 bridgehead atoms. The van der Waals surface area contributed by atoms with Gasteiger partial charge < -0.3 is 29.3 Å². The number of thiophene rings is 1. The van der Waals surface area contributed by atoms with Crippen LogP contribution in [0.15, 0.2) is 60.0 Å². The Morgan fingerprint density at radius 1 is 1.13 bits per heavy atom. The van der Waals surface area contributed by atoms with Crippen LogP contribution in [0.2, 0.25) is 5.02 Å². The number of urea groups is 1. The number of amides is 3. The van der Waals surface area contributed by atoms with Crippen molar-refractivity contribution < 1.29 is 23.8 Å². The monoisotopic (exact) mass is 557 g/mol. The number of rotatable bonds is 11. The lowest BCUT2D eigenvalue weighted by Gasteiger charge is -2.37. The van der Waals surface area contributed by atoms with Crippen LogP contribution in [0.1, 0.15) is 22.9 Å². The number of anilines is 1. The quantitative estimate of drug-likeness (QED) is 0.316. The first-order chi connectivity index (χ1) is 18.5. The minimum absolute atomic E-state index is 0.0687. The molecule has 8 nitrogen and oxygen atoms in total. The number of nitrogens with zero attached hydrogens (tertiary/aromatic N) is 2. The highest BCUT2D eigenvalue weighted by Crippen LogP contribution is 2.35. The van der Waals surface area contributed by atoms with Crippen LogP contribution in [-0.2, 0) is 16.0 Å². The van der Waals surface area contributed by atoms with Gasteiger partial charge in [0.2, 0.25) is 5.91 Å². The molecule has 38 heavy (non-hydrogen) atoms. The molecular weight excluding hydrogens is 526 g/mol. The second-order valence-corrected chi connectivity index (χ2v) is 10.3. The summed E-state index contributed by atoms with van der Waals surface area (Å²) in [6.45, 7) is 1.60. The van der Waals surface area contributed by atoms with Crippen LogP contribution in [-0.4, -0.2) is 68.8 Å². The zero-order valence-electron chi connectivity index (χ0n) is 21.5. The van der Waals surface area contributed by atoms with Crippen LogP contribution in [0.5, 0.6) is 11.5 Å². The van der Waals surface area contributed by atoms with Gasteiger partial charge >= 0.3 is 6.03 Å². The molecule has 0 saturated heterocycles. The van der Waals surface area contributed by atoms with Gasteiger partial charge in [0, 0.05) is 42.4 Å². The molecule has 3 amide bonds. The van der Waals surface area contributed by atoms with Crippen LogP contribution in [0.3, 0.4) is 0 Å². The molecule has 1 N–H and O–H groups in total. The van der Waals surface area contributed by atoms with Gasteiger partial charge in [-0.2, -0.15) is 0 Å². The van der Waals surface area contributed by atoms with Crippen molar-refractivity contribution in [3.63, 3.8) is 0 Å². The summed E-state index contributed by atoms with van der Waals surface area (Å²) in [5, 5.41) is 5.42. The minimum Gasteiger partial charge on any atom is -0.493 e. The average molecular weight is 558 g/mol. The van der Waals surface area contributed by atoms with Gasteiger partial charge in [-0.05, 0) is 60.2 Å². The Labute approximate surface area is 232 Å². The number of benzene rings is 2. The molecule has 202 valence electrons. The van der Waals surface area contributed by atoms with Crippen molar-refractivity contribution in [1.82, 2.24) is 9.80 Å². The molecule has 10 heteroatoms. The fraction of sp³-hybridized carbons (Fsp3) is 0.357. The first-order valence-electron chi connectivity index (χ1n) is 12.4. The fourth-order valence-electron chi connectivity index (χ4n) is 4.46. The largest absolute Gasteiger partial charge is 0.493 e. The molecule has 0 spiro atoms. The number of hydrogen-bond acceptors (Lipinski definition) is 6. The maximum absolute atomic E-state index is 13.7. The van der Waals surface area contributed by atoms with Crippen molar-refractivity contribution in [2.45, 2.75) is 18.9 Å². The molecule has 1 aliphatic heterocycles. The normalized spacial score (nSPS) is 14.5. The predicted octanol–water partition coefficient (Wildman–Crippen LogP) is 5.49. The highest BCUT2D eigenvalue weighted by molar-refractivity contribution is 7.10. The summed E-state index contributed by atoms with van der Waals surface area (Å²) in [4.78, 5) is 31.5. The van der Waals surface area contributed by atoms with Gasteiger partial charge in [0.05, 0.1) is 13.2 Å². The van der Waals surface area contributed by atoms with E-state index >= 15 is 0 Å². The number of nitrogens with one attached hydrogen (secondary N) is 1. The molecule has 3 aromatic rings. The smallest absolute Gasteiger partial charge is 0.322 e. The van der Waals surface area contributed by atoms with Crippen molar-refractivity contribution in [2.75, 3.05) is 52.4 Å². The highest BCUT2D eigenvalue weighted by Gasteiger charge is 2.33. The summed E-state index contributed by atoms with van der Waals surface area (Å²) in [6, 6.07) is 15.8. The number of ether oxygens (including phenoxy) is 3. The van der Waals surface area contributed by atoms with Gasteiger partial charge in [-0.3, -0.25) is 4.79 Å². The van der Waals surface area contributed by atoms with Crippen LogP contribution in [0.25, 0.3) is 0 Å². The lowest BCUT2D eigenvalue weighted by molar-refractivity contribution is -0.135. The standard InChI is InChI=1S/C28H32ClN3O5S/c1-35-15-6-13-31(28(34)30-21-8-5-7-20(29)17-21)18-27(33)32-14-11-26-22(12-16-38-26)23(32)19-37-25-10-4-3-9-24(25)36-2/h3-5,7-10,12,16-17,23H,6,11,13-15,18-19H2,1-2H3,(H,30,34)/t23-/m1/s1. The van der Waals surface area contributed by atoms with Gasteiger partial charge in [0.25, 0.3) is 0 Å². The zero-order valence-corrected chi connectivity index (χ0v) is 23.1. The van der Waals surface area contributed by atoms with E-state index in [1.807, 2.05) is 34.5 Å². The van der Waals surface area contributed by atoms with Crippen LogP contribution in [0.4, 0.5) is 10.5 Å². The third kappa shape index (κ3) is 6.98. The van der Waals surface area contributed by atoms with Crippen LogP contribution in [0, 0.1) is 0 Å². The van der Waals surface area contributed by atoms with Gasteiger partial charge in [-0.25, -0.2) is 4.79 Å². The summed E-state index contributed by atoms with van der Waals surface area (Å²) in [6.07, 6.45) is 1.37. The van der Waals surface area contributed by atoms with E-state index in [4.69, 9.17) is 25.8 Å². The Hall–Kier alpha value is -3.27. The molecular formula is C28H32ClN3O5S. The van der Waals surface area contributed by atoms with Crippen molar-refractivity contribution >= 4 is 40.6 Å². The van der Waals surface area contributed by atoms with Crippen molar-refractivity contribution in [3.05, 3.63) is 75.4 Å². The summed E-state index contributed by atoms with van der Waals surface area (Å²) >= 11 is 7.77. The molecule has 1 aromatic heterocycles. The Kier molecular flexibility index (Phi) is 9.86. The molecule has 4 rings (SSSR count). The molecule has 0 aliphatic carbocycles. The molecule has 1 atom stereocenters. The summed E-state index contributed by atoms with van der Waals surface area (Å²) in [7, 11) is 3.21. The van der Waals surface area contributed by atoms with Crippen molar-refractivity contribution in [1.29, 1.82) is 0 Å². The van der Waals surface area contributed by atoms with Gasteiger partial charge in [0.15, 0.2) is 11.5 Å². The van der Waals surface area contributed by atoms with Gasteiger partial charge in [-0.15, -0.1) is 11.3 Å². The van der Waals surface area contributed by atoms with Crippen LogP contribution >= 0.6 is 22.9 Å². The fourth-order valence-corrected chi connectivity index (χ4v) is 5.57. The van der Waals surface area contributed by atoms with Crippen molar-refractivity contribution in [2.24, 2.45) is 0 Å². The van der Waals surface area contributed by atoms with E-state index in [0.29, 0.717) is 48.3 Å². The van der Waals surface area contributed by atoms with Gasteiger partial charge in [0.1, 0.15) is 13.2 Å². The number of hydrogen-bond donors (Lipinski definition) is 1. The summed E-state index contributed by atoms with van der Waals surface area (Å²) < 4.78 is 16.8. The van der Waals surface area contributed by atoms with E-state index in [2.05, 4.69) is 11.4 Å². The van der Waals surface area contributed by atoms with E-state index in [-0.39, 0.29) is 31.1 Å². The number of halogens is 1. The number of carbonyl (C=O) groups excluding carboxylic acids is 2. The lowest BCUT2D eigenvalue weighted by atomic mass is 10.0. The third-order valence-electron chi connectivity index (χ3n) is 6.35.